The second-order valence-electron chi connectivity index (χ2n) is 6.47. The van der Waals surface area contributed by atoms with Gasteiger partial charge in [-0.3, -0.25) is 4.79 Å². The van der Waals surface area contributed by atoms with Gasteiger partial charge in [-0.15, -0.1) is 11.3 Å². The van der Waals surface area contributed by atoms with E-state index in [0.29, 0.717) is 6.54 Å². The summed E-state index contributed by atoms with van der Waals surface area (Å²) in [7, 11) is -0.137. The first kappa shape index (κ1) is 19.0. The molecule has 1 fully saturated rings. The first-order valence-corrected chi connectivity index (χ1v) is 10.7. The van der Waals surface area contributed by atoms with Gasteiger partial charge in [-0.25, -0.2) is 8.42 Å². The van der Waals surface area contributed by atoms with Crippen LogP contribution in [0.15, 0.2) is 52.1 Å². The van der Waals surface area contributed by atoms with Gasteiger partial charge in [-0.1, -0.05) is 36.4 Å². The number of sulfonamides is 1. The molecule has 3 rings (SSSR count). The summed E-state index contributed by atoms with van der Waals surface area (Å²) in [6.45, 7) is 1.93. The summed E-state index contributed by atoms with van der Waals surface area (Å²) in [6.07, 6.45) is 0. The number of carbonyl (C=O) groups excluding carboxylic acids is 1. The molecule has 1 atom stereocenters. The Morgan fingerprint density at radius 1 is 1.19 bits per heavy atom. The van der Waals surface area contributed by atoms with Crippen molar-refractivity contribution in [1.29, 1.82) is 0 Å². The van der Waals surface area contributed by atoms with Crippen LogP contribution in [-0.4, -0.2) is 68.7 Å². The van der Waals surface area contributed by atoms with Crippen LogP contribution >= 0.6 is 11.3 Å². The van der Waals surface area contributed by atoms with Crippen LogP contribution in [0.3, 0.4) is 0 Å². The fraction of sp³-hybridized carbons (Fsp3) is 0.389. The van der Waals surface area contributed by atoms with Crippen molar-refractivity contribution in [2.24, 2.45) is 0 Å². The number of nitrogens with zero attached hydrogens (tertiary/aromatic N) is 3. The smallest absolute Gasteiger partial charge is 0.252 e. The third-order valence-corrected chi connectivity index (χ3v) is 7.78. The molecule has 1 unspecified atom stereocenters. The minimum atomic E-state index is -3.63. The van der Waals surface area contributed by atoms with Gasteiger partial charge < -0.3 is 9.80 Å². The molecule has 140 valence electrons. The second kappa shape index (κ2) is 7.87. The highest BCUT2D eigenvalue weighted by Crippen LogP contribution is 2.26. The summed E-state index contributed by atoms with van der Waals surface area (Å²) in [5, 5.41) is 1.72. The molecule has 1 aliphatic heterocycles. The molecule has 0 aliphatic carbocycles. The summed E-state index contributed by atoms with van der Waals surface area (Å²) in [4.78, 5) is 16.9. The number of amides is 1. The van der Waals surface area contributed by atoms with Gasteiger partial charge in [0.1, 0.15) is 4.21 Å². The molecular weight excluding hydrogens is 370 g/mol. The molecule has 0 radical (unpaired) electrons. The minimum Gasteiger partial charge on any atom is -0.332 e. The van der Waals surface area contributed by atoms with E-state index in [4.69, 9.17) is 0 Å². The zero-order valence-corrected chi connectivity index (χ0v) is 16.5. The van der Waals surface area contributed by atoms with Crippen LogP contribution in [0.25, 0.3) is 0 Å². The van der Waals surface area contributed by atoms with Gasteiger partial charge in [0.05, 0.1) is 12.6 Å². The van der Waals surface area contributed by atoms with E-state index in [0.717, 1.165) is 34.3 Å². The van der Waals surface area contributed by atoms with Crippen molar-refractivity contribution in [2.75, 3.05) is 40.3 Å². The van der Waals surface area contributed by atoms with E-state index in [9.17, 15) is 13.2 Å². The molecule has 6 nitrogen and oxygen atoms in total. The van der Waals surface area contributed by atoms with Gasteiger partial charge in [-0.2, -0.15) is 4.31 Å². The summed E-state index contributed by atoms with van der Waals surface area (Å²) in [5.74, 6) is -0.172. The lowest BCUT2D eigenvalue weighted by Gasteiger charge is -2.40. The Kier molecular flexibility index (Phi) is 5.76. The Hall–Kier alpha value is -1.74. The number of rotatable bonds is 5. The Morgan fingerprint density at radius 3 is 2.58 bits per heavy atom. The minimum absolute atomic E-state index is 0.0692. The van der Waals surface area contributed by atoms with Crippen LogP contribution in [0.1, 0.15) is 11.6 Å². The number of benzene rings is 1. The van der Waals surface area contributed by atoms with Crippen LogP contribution in [0.4, 0.5) is 0 Å². The molecule has 1 aliphatic rings. The predicted molar refractivity (Wildman–Crippen MR) is 103 cm³/mol. The highest BCUT2D eigenvalue weighted by atomic mass is 32.2. The van der Waals surface area contributed by atoms with E-state index in [-0.39, 0.29) is 22.7 Å². The second-order valence-corrected chi connectivity index (χ2v) is 9.69. The van der Waals surface area contributed by atoms with E-state index in [2.05, 4.69) is 4.90 Å². The van der Waals surface area contributed by atoms with Crippen molar-refractivity contribution in [2.45, 2.75) is 10.3 Å². The monoisotopic (exact) mass is 393 g/mol. The van der Waals surface area contributed by atoms with E-state index < -0.39 is 10.0 Å². The Bertz CT molecular complexity index is 838. The molecule has 2 aromatic rings. The van der Waals surface area contributed by atoms with E-state index in [1.165, 1.54) is 7.05 Å². The molecule has 26 heavy (non-hydrogen) atoms. The summed E-state index contributed by atoms with van der Waals surface area (Å²) in [6, 6.07) is 13.1. The SMILES string of the molecule is CN1CCN(C(=O)CN(C)S(=O)(=O)c2cccs2)C(c2ccccc2)C1. The third kappa shape index (κ3) is 3.98. The number of likely N-dealkylation sites (N-methyl/N-ethyl adjacent to an activating group) is 2. The predicted octanol–water partition coefficient (Wildman–Crippen LogP) is 1.88. The summed E-state index contributed by atoms with van der Waals surface area (Å²) >= 11 is 1.16. The average molecular weight is 394 g/mol. The lowest BCUT2D eigenvalue weighted by atomic mass is 10.0. The zero-order chi connectivity index (χ0) is 18.7. The van der Waals surface area contributed by atoms with Crippen molar-refractivity contribution in [1.82, 2.24) is 14.1 Å². The van der Waals surface area contributed by atoms with E-state index in [1.807, 2.05) is 37.4 Å². The van der Waals surface area contributed by atoms with Crippen molar-refractivity contribution >= 4 is 27.3 Å². The van der Waals surface area contributed by atoms with Crippen LogP contribution < -0.4 is 0 Å². The molecule has 0 N–H and O–H groups in total. The molecule has 1 aromatic heterocycles. The van der Waals surface area contributed by atoms with Gasteiger partial charge >= 0.3 is 0 Å². The van der Waals surface area contributed by atoms with Gasteiger partial charge in [0.25, 0.3) is 10.0 Å². The Labute approximate surface area is 158 Å². The van der Waals surface area contributed by atoms with E-state index in [1.54, 1.807) is 22.4 Å². The maximum Gasteiger partial charge on any atom is 0.252 e. The average Bonchev–Trinajstić information content (AvgIpc) is 3.17. The van der Waals surface area contributed by atoms with Crippen LogP contribution in [-0.2, 0) is 14.8 Å². The largest absolute Gasteiger partial charge is 0.332 e. The third-order valence-electron chi connectivity index (χ3n) is 4.61. The number of hydrogen-bond acceptors (Lipinski definition) is 5. The van der Waals surface area contributed by atoms with E-state index >= 15 is 0 Å². The summed E-state index contributed by atoms with van der Waals surface area (Å²) in [5.41, 5.74) is 1.07. The van der Waals surface area contributed by atoms with Crippen LogP contribution in [0.5, 0.6) is 0 Å². The maximum atomic E-state index is 12.9. The molecule has 1 aromatic carbocycles. The molecule has 0 spiro atoms. The number of hydrogen-bond donors (Lipinski definition) is 0. The number of carbonyl (C=O) groups is 1. The quantitative estimate of drug-likeness (QED) is 0.778. The fourth-order valence-electron chi connectivity index (χ4n) is 3.11. The van der Waals surface area contributed by atoms with Crippen molar-refractivity contribution in [3.8, 4) is 0 Å². The van der Waals surface area contributed by atoms with Gasteiger partial charge in [0.15, 0.2) is 0 Å². The van der Waals surface area contributed by atoms with Crippen molar-refractivity contribution in [3.63, 3.8) is 0 Å². The lowest BCUT2D eigenvalue weighted by Crippen LogP contribution is -2.51. The zero-order valence-electron chi connectivity index (χ0n) is 14.9. The first-order chi connectivity index (χ1) is 12.4. The van der Waals surface area contributed by atoms with Crippen molar-refractivity contribution < 1.29 is 13.2 Å². The molecule has 8 heteroatoms. The highest BCUT2D eigenvalue weighted by molar-refractivity contribution is 7.91. The standard InChI is InChI=1S/C18H23N3O3S2/c1-19-10-11-21(16(13-19)15-7-4-3-5-8-15)17(22)14-20(2)26(23,24)18-9-6-12-25-18/h3-9,12,16H,10-11,13-14H2,1-2H3. The van der Waals surface area contributed by atoms with Crippen LogP contribution in [0.2, 0.25) is 0 Å². The maximum absolute atomic E-state index is 12.9. The van der Waals surface area contributed by atoms with Gasteiger partial charge in [-0.05, 0) is 24.1 Å². The molecule has 0 saturated carbocycles. The van der Waals surface area contributed by atoms with Crippen molar-refractivity contribution in [3.05, 3.63) is 53.4 Å². The summed E-state index contributed by atoms with van der Waals surface area (Å²) < 4.78 is 26.5. The fourth-order valence-corrected chi connectivity index (χ4v) is 5.43. The topological polar surface area (TPSA) is 60.9 Å². The lowest BCUT2D eigenvalue weighted by molar-refractivity contribution is -0.136. The number of piperazine rings is 1. The molecular formula is C18H23N3O3S2. The van der Waals surface area contributed by atoms with Gasteiger partial charge in [0, 0.05) is 26.7 Å². The highest BCUT2D eigenvalue weighted by Gasteiger charge is 2.32. The first-order valence-electron chi connectivity index (χ1n) is 8.42. The molecule has 2 heterocycles. The van der Waals surface area contributed by atoms with Gasteiger partial charge in [0.2, 0.25) is 5.91 Å². The van der Waals surface area contributed by atoms with Crippen LogP contribution in [0, 0.1) is 0 Å². The Morgan fingerprint density at radius 2 is 1.92 bits per heavy atom. The number of thiophene rings is 1. The molecule has 0 bridgehead atoms. The normalized spacial score (nSPS) is 19.0. The molecule has 1 saturated heterocycles. The molecule has 1 amide bonds. The Balaban J connectivity index is 1.77.